The van der Waals surface area contributed by atoms with E-state index in [1.54, 1.807) is 0 Å². The molecule has 0 amide bonds. The molecule has 0 aliphatic carbocycles. The van der Waals surface area contributed by atoms with Crippen molar-refractivity contribution in [3.05, 3.63) is 65.2 Å². The minimum absolute atomic E-state index is 0.166. The van der Waals surface area contributed by atoms with Gasteiger partial charge in [0.1, 0.15) is 18.2 Å². The Balaban J connectivity index is 1.21. The standard InChI is InChI=1S/C21H25N3O4/c22-20-17-7-4-8-18(19(17)21(23)24-20)28-14-13-26-10-9-25-11-12-27-15-16-5-2-1-3-6-16/h1-8H,9-15H2,(H3,22,23,24). The highest BCUT2D eigenvalue weighted by Crippen LogP contribution is 2.26. The quantitative estimate of drug-likeness (QED) is 0.548. The van der Waals surface area contributed by atoms with E-state index in [1.165, 1.54) is 0 Å². The van der Waals surface area contributed by atoms with E-state index in [0.29, 0.717) is 69.0 Å². The molecule has 28 heavy (non-hydrogen) atoms. The molecule has 0 spiro atoms. The van der Waals surface area contributed by atoms with Crippen molar-refractivity contribution in [1.29, 1.82) is 5.41 Å². The molecule has 0 atom stereocenters. The largest absolute Gasteiger partial charge is 0.490 e. The number of hydrogen-bond acceptors (Lipinski definition) is 6. The number of rotatable bonds is 12. The second kappa shape index (κ2) is 10.6. The van der Waals surface area contributed by atoms with E-state index in [-0.39, 0.29) is 5.84 Å². The average Bonchev–Trinajstić information content (AvgIpc) is 3.01. The molecular weight excluding hydrogens is 358 g/mol. The van der Waals surface area contributed by atoms with Crippen molar-refractivity contribution in [2.24, 2.45) is 10.7 Å². The monoisotopic (exact) mass is 383 g/mol. The van der Waals surface area contributed by atoms with E-state index in [9.17, 15) is 0 Å². The summed E-state index contributed by atoms with van der Waals surface area (Å²) < 4.78 is 22.3. The van der Waals surface area contributed by atoms with E-state index in [2.05, 4.69) is 4.99 Å². The van der Waals surface area contributed by atoms with E-state index >= 15 is 0 Å². The van der Waals surface area contributed by atoms with Crippen LogP contribution in [0, 0.1) is 5.41 Å². The summed E-state index contributed by atoms with van der Waals surface area (Å²) in [4.78, 5) is 3.97. The molecule has 1 aliphatic rings. The number of benzene rings is 2. The van der Waals surface area contributed by atoms with E-state index < -0.39 is 0 Å². The van der Waals surface area contributed by atoms with Gasteiger partial charge in [-0.05, 0) is 11.6 Å². The fraction of sp³-hybridized carbons (Fsp3) is 0.333. The van der Waals surface area contributed by atoms with Crippen LogP contribution in [0.15, 0.2) is 53.5 Å². The first kappa shape index (κ1) is 20.0. The van der Waals surface area contributed by atoms with Gasteiger partial charge in [0, 0.05) is 5.56 Å². The molecule has 7 heteroatoms. The van der Waals surface area contributed by atoms with Crippen LogP contribution in [0.2, 0.25) is 0 Å². The van der Waals surface area contributed by atoms with Crippen molar-refractivity contribution in [3.63, 3.8) is 0 Å². The first-order valence-corrected chi connectivity index (χ1v) is 9.22. The lowest BCUT2D eigenvalue weighted by Crippen LogP contribution is -2.15. The third-order valence-electron chi connectivity index (χ3n) is 4.11. The lowest BCUT2D eigenvalue weighted by molar-refractivity contribution is 0.00596. The molecule has 0 saturated heterocycles. The van der Waals surface area contributed by atoms with Crippen molar-refractivity contribution in [2.45, 2.75) is 6.61 Å². The lowest BCUT2D eigenvalue weighted by Gasteiger charge is -2.11. The zero-order valence-electron chi connectivity index (χ0n) is 15.7. The molecule has 2 aromatic carbocycles. The second-order valence-electron chi connectivity index (χ2n) is 6.14. The van der Waals surface area contributed by atoms with Gasteiger partial charge in [0.2, 0.25) is 0 Å². The third kappa shape index (κ3) is 5.63. The number of nitrogens with zero attached hydrogens (tertiary/aromatic N) is 1. The van der Waals surface area contributed by atoms with Crippen molar-refractivity contribution in [1.82, 2.24) is 0 Å². The van der Waals surface area contributed by atoms with Crippen LogP contribution in [-0.4, -0.2) is 51.3 Å². The number of nitrogens with two attached hydrogens (primary N) is 1. The highest BCUT2D eigenvalue weighted by Gasteiger charge is 2.22. The van der Waals surface area contributed by atoms with Crippen molar-refractivity contribution in [2.75, 3.05) is 39.6 Å². The molecule has 0 bridgehead atoms. The van der Waals surface area contributed by atoms with Crippen LogP contribution in [0.25, 0.3) is 0 Å². The van der Waals surface area contributed by atoms with Crippen LogP contribution in [0.4, 0.5) is 0 Å². The molecule has 7 nitrogen and oxygen atoms in total. The van der Waals surface area contributed by atoms with Crippen molar-refractivity contribution < 1.29 is 18.9 Å². The van der Waals surface area contributed by atoms with Crippen LogP contribution in [0.3, 0.4) is 0 Å². The SMILES string of the molecule is N=C1N=C(N)c2c(OCCOCCOCCOCc3ccccc3)cccc21. The predicted octanol–water partition coefficient (Wildman–Crippen LogP) is 2.36. The zero-order valence-corrected chi connectivity index (χ0v) is 15.7. The van der Waals surface area contributed by atoms with Crippen molar-refractivity contribution in [3.8, 4) is 5.75 Å². The molecule has 2 aromatic rings. The van der Waals surface area contributed by atoms with Crippen LogP contribution >= 0.6 is 0 Å². The maximum atomic E-state index is 7.78. The molecule has 3 rings (SSSR count). The van der Waals surface area contributed by atoms with Crippen molar-refractivity contribution >= 4 is 11.7 Å². The summed E-state index contributed by atoms with van der Waals surface area (Å²) in [6, 6.07) is 15.5. The molecule has 1 heterocycles. The lowest BCUT2D eigenvalue weighted by atomic mass is 10.1. The summed E-state index contributed by atoms with van der Waals surface area (Å²) in [7, 11) is 0. The average molecular weight is 383 g/mol. The molecule has 0 radical (unpaired) electrons. The zero-order chi connectivity index (χ0) is 19.6. The number of hydrogen-bond donors (Lipinski definition) is 2. The first-order valence-electron chi connectivity index (χ1n) is 9.22. The van der Waals surface area contributed by atoms with Gasteiger partial charge in [-0.2, -0.15) is 0 Å². The number of amidine groups is 2. The maximum absolute atomic E-state index is 7.78. The van der Waals surface area contributed by atoms with Gasteiger partial charge in [-0.15, -0.1) is 0 Å². The Kier molecular flexibility index (Phi) is 7.54. The number of ether oxygens (including phenoxy) is 4. The Morgan fingerprint density at radius 2 is 1.46 bits per heavy atom. The number of nitrogens with one attached hydrogen (secondary N) is 1. The molecule has 0 unspecified atom stereocenters. The fourth-order valence-electron chi connectivity index (χ4n) is 2.76. The summed E-state index contributed by atoms with van der Waals surface area (Å²) in [6.07, 6.45) is 0. The summed E-state index contributed by atoms with van der Waals surface area (Å²) in [6.45, 7) is 3.50. The van der Waals surface area contributed by atoms with Gasteiger partial charge < -0.3 is 24.7 Å². The van der Waals surface area contributed by atoms with Gasteiger partial charge >= 0.3 is 0 Å². The smallest absolute Gasteiger partial charge is 0.155 e. The Morgan fingerprint density at radius 3 is 2.21 bits per heavy atom. The number of aliphatic imine (C=N–C) groups is 1. The Bertz CT molecular complexity index is 809. The number of fused-ring (bicyclic) bond motifs is 1. The summed E-state index contributed by atoms with van der Waals surface area (Å²) in [5, 5.41) is 7.78. The molecule has 0 aromatic heterocycles. The highest BCUT2D eigenvalue weighted by atomic mass is 16.6. The molecule has 0 saturated carbocycles. The predicted molar refractivity (Wildman–Crippen MR) is 107 cm³/mol. The van der Waals surface area contributed by atoms with Crippen LogP contribution in [0.5, 0.6) is 5.75 Å². The van der Waals surface area contributed by atoms with E-state index in [0.717, 1.165) is 5.56 Å². The van der Waals surface area contributed by atoms with Gasteiger partial charge in [-0.1, -0.05) is 42.5 Å². The Labute approximate surface area is 164 Å². The van der Waals surface area contributed by atoms with Gasteiger partial charge in [-0.25, -0.2) is 4.99 Å². The molecule has 1 aliphatic heterocycles. The summed E-state index contributed by atoms with van der Waals surface area (Å²) in [5.74, 6) is 1.11. The molecule has 3 N–H and O–H groups in total. The highest BCUT2D eigenvalue weighted by molar-refractivity contribution is 6.22. The third-order valence-corrected chi connectivity index (χ3v) is 4.11. The van der Waals surface area contributed by atoms with Crippen LogP contribution < -0.4 is 10.5 Å². The minimum atomic E-state index is 0.166. The first-order chi connectivity index (χ1) is 13.8. The van der Waals surface area contributed by atoms with E-state index in [1.807, 2.05) is 48.5 Å². The van der Waals surface area contributed by atoms with Gasteiger partial charge in [0.05, 0.1) is 45.2 Å². The minimum Gasteiger partial charge on any atom is -0.490 e. The van der Waals surface area contributed by atoms with Gasteiger partial charge in [0.25, 0.3) is 0 Å². The van der Waals surface area contributed by atoms with E-state index in [4.69, 9.17) is 30.1 Å². The van der Waals surface area contributed by atoms with Gasteiger partial charge in [0.15, 0.2) is 5.84 Å². The van der Waals surface area contributed by atoms with Crippen LogP contribution in [-0.2, 0) is 20.8 Å². The molecule has 0 fully saturated rings. The van der Waals surface area contributed by atoms with Crippen LogP contribution in [0.1, 0.15) is 16.7 Å². The Morgan fingerprint density at radius 1 is 0.786 bits per heavy atom. The summed E-state index contributed by atoms with van der Waals surface area (Å²) >= 11 is 0. The second-order valence-corrected chi connectivity index (χ2v) is 6.14. The Hall–Kier alpha value is -2.74. The topological polar surface area (TPSA) is 99.2 Å². The molecule has 148 valence electrons. The maximum Gasteiger partial charge on any atom is 0.155 e. The fourth-order valence-corrected chi connectivity index (χ4v) is 2.76. The normalized spacial score (nSPS) is 12.7. The molecular formula is C21H25N3O4. The summed E-state index contributed by atoms with van der Waals surface area (Å²) in [5.41, 5.74) is 8.39. The van der Waals surface area contributed by atoms with Gasteiger partial charge in [-0.3, -0.25) is 5.41 Å².